The Kier molecular flexibility index (Phi) is 7.22. The van der Waals surface area contributed by atoms with Crippen molar-refractivity contribution in [2.75, 3.05) is 38.2 Å². The molecule has 204 valence electrons. The van der Waals surface area contributed by atoms with E-state index in [1.807, 2.05) is 12.4 Å². The monoisotopic (exact) mass is 548 g/mol. The largest absolute Gasteiger partial charge is 0.460 e. The van der Waals surface area contributed by atoms with Gasteiger partial charge in [-0.25, -0.2) is 19.4 Å². The number of nitrogens with zero attached hydrogens (tertiary/aromatic N) is 6. The minimum absolute atomic E-state index is 0.000789. The van der Waals surface area contributed by atoms with Gasteiger partial charge in [0.25, 0.3) is 6.02 Å². The maximum Gasteiger partial charge on any atom is 0.287 e. The summed E-state index contributed by atoms with van der Waals surface area (Å²) in [4.78, 5) is 18.7. The average Bonchev–Trinajstić information content (AvgIpc) is 3.72. The number of ether oxygens (including phenoxy) is 1. The molecule has 3 aromatic heterocycles. The molecule has 0 bridgehead atoms. The second-order valence-corrected chi connectivity index (χ2v) is 11.0. The number of aliphatic hydroxyl groups excluding tert-OH is 1. The zero-order chi connectivity index (χ0) is 26.9. The van der Waals surface area contributed by atoms with E-state index >= 15 is 0 Å². The number of fused-ring (bicyclic) bond motifs is 1. The fourth-order valence-electron chi connectivity index (χ4n) is 5.47. The second-order valence-electron chi connectivity index (χ2n) is 10.1. The lowest BCUT2D eigenvalue weighted by atomic mass is 9.90. The third kappa shape index (κ3) is 5.10. The zero-order valence-corrected chi connectivity index (χ0v) is 23.1. The minimum atomic E-state index is -0.251. The molecule has 0 radical (unpaired) electrons. The molecule has 8 nitrogen and oxygen atoms in total. The van der Waals surface area contributed by atoms with Gasteiger partial charge in [0.15, 0.2) is 5.13 Å². The normalized spacial score (nSPS) is 18.0. The van der Waals surface area contributed by atoms with Crippen molar-refractivity contribution in [2.24, 2.45) is 4.99 Å². The van der Waals surface area contributed by atoms with Crippen LogP contribution >= 0.6 is 11.3 Å². The number of aliphatic hydroxyl groups is 1. The van der Waals surface area contributed by atoms with Crippen LogP contribution < -0.4 is 4.90 Å². The first-order chi connectivity index (χ1) is 19.0. The molecule has 10 heteroatoms. The highest BCUT2D eigenvalue weighted by molar-refractivity contribution is 7.14. The molecule has 39 heavy (non-hydrogen) atoms. The molecule has 0 amide bonds. The van der Waals surface area contributed by atoms with Gasteiger partial charge in [-0.15, -0.1) is 11.3 Å². The van der Waals surface area contributed by atoms with Crippen molar-refractivity contribution in [1.82, 2.24) is 19.3 Å². The summed E-state index contributed by atoms with van der Waals surface area (Å²) in [5.41, 5.74) is 4.98. The van der Waals surface area contributed by atoms with Crippen molar-refractivity contribution in [3.05, 3.63) is 65.0 Å². The number of thiazole rings is 1. The number of aryl methyl sites for hydroxylation is 1. The number of anilines is 2. The van der Waals surface area contributed by atoms with Gasteiger partial charge in [-0.1, -0.05) is 13.0 Å². The Balaban J connectivity index is 1.22. The number of rotatable bonds is 7. The predicted molar refractivity (Wildman–Crippen MR) is 153 cm³/mol. The minimum Gasteiger partial charge on any atom is -0.460 e. The van der Waals surface area contributed by atoms with Crippen LogP contribution in [0.1, 0.15) is 43.4 Å². The van der Waals surface area contributed by atoms with Gasteiger partial charge in [0.2, 0.25) is 0 Å². The Morgan fingerprint density at radius 3 is 2.67 bits per heavy atom. The lowest BCUT2D eigenvalue weighted by Crippen LogP contribution is -2.38. The molecule has 2 aliphatic rings. The predicted octanol–water partition coefficient (Wildman–Crippen LogP) is 5.24. The van der Waals surface area contributed by atoms with Gasteiger partial charge in [-0.05, 0) is 61.1 Å². The van der Waals surface area contributed by atoms with E-state index in [4.69, 9.17) is 14.7 Å². The fourth-order valence-corrected chi connectivity index (χ4v) is 6.27. The SMILES string of the molecule is CCc1nc2ccc(C3CCN(C4=NCC(CCO)O4)CC3)cn2c1N(C)c1nc(-c2ccc(F)cc2)cs1. The number of halogens is 1. The molecular weight excluding hydrogens is 515 g/mol. The summed E-state index contributed by atoms with van der Waals surface area (Å²) in [5.74, 6) is 1.21. The molecule has 2 aliphatic heterocycles. The molecule has 0 aliphatic carbocycles. The fraction of sp³-hybridized carbons (Fsp3) is 0.414. The van der Waals surface area contributed by atoms with Gasteiger partial charge < -0.3 is 19.6 Å². The third-order valence-electron chi connectivity index (χ3n) is 7.65. The van der Waals surface area contributed by atoms with E-state index in [1.54, 1.807) is 23.5 Å². The standard InChI is InChI=1S/C29H33FN6O2S/c1-3-24-27(34(2)29-33-25(18-39-29)20-4-7-22(30)8-5-20)36-17-21(6-9-26(36)32-24)19-10-13-35(14-11-19)28-31-16-23(38-28)12-15-37/h4-9,17-19,23,37H,3,10-16H2,1-2H3. The van der Waals surface area contributed by atoms with Gasteiger partial charge in [0.05, 0.1) is 17.9 Å². The summed E-state index contributed by atoms with van der Waals surface area (Å²) in [6.07, 6.45) is 5.71. The van der Waals surface area contributed by atoms with Crippen LogP contribution in [0, 0.1) is 5.82 Å². The Bertz CT molecular complexity index is 1470. The van der Waals surface area contributed by atoms with E-state index < -0.39 is 0 Å². The Morgan fingerprint density at radius 1 is 1.13 bits per heavy atom. The Morgan fingerprint density at radius 2 is 1.92 bits per heavy atom. The number of pyridine rings is 1. The van der Waals surface area contributed by atoms with E-state index in [-0.39, 0.29) is 18.5 Å². The van der Waals surface area contributed by atoms with Crippen molar-refractivity contribution in [3.63, 3.8) is 0 Å². The number of hydrogen-bond acceptors (Lipinski definition) is 8. The number of hydrogen-bond donors (Lipinski definition) is 1. The quantitative estimate of drug-likeness (QED) is 0.340. The first kappa shape index (κ1) is 25.8. The lowest BCUT2D eigenvalue weighted by Gasteiger charge is -2.33. The number of benzene rings is 1. The topological polar surface area (TPSA) is 78.5 Å². The van der Waals surface area contributed by atoms with Crippen LogP contribution in [0.25, 0.3) is 16.9 Å². The summed E-state index contributed by atoms with van der Waals surface area (Å²) in [5, 5.41) is 12.1. The molecule has 5 heterocycles. The summed E-state index contributed by atoms with van der Waals surface area (Å²) < 4.78 is 21.5. The highest BCUT2D eigenvalue weighted by Gasteiger charge is 2.29. The Labute approximate surface area is 231 Å². The van der Waals surface area contributed by atoms with Gasteiger partial charge in [-0.2, -0.15) is 0 Å². The van der Waals surface area contributed by atoms with Crippen LogP contribution in [0.3, 0.4) is 0 Å². The number of imidazole rings is 1. The van der Waals surface area contributed by atoms with Crippen LogP contribution in [0.5, 0.6) is 0 Å². The lowest BCUT2D eigenvalue weighted by molar-refractivity contribution is 0.139. The molecule has 1 aromatic carbocycles. The average molecular weight is 549 g/mol. The molecule has 0 spiro atoms. The number of amidine groups is 1. The first-order valence-corrected chi connectivity index (χ1v) is 14.4. The summed E-state index contributed by atoms with van der Waals surface area (Å²) >= 11 is 1.57. The van der Waals surface area contributed by atoms with Gasteiger partial charge >= 0.3 is 0 Å². The third-order valence-corrected chi connectivity index (χ3v) is 8.56. The van der Waals surface area contributed by atoms with Crippen molar-refractivity contribution < 1.29 is 14.2 Å². The van der Waals surface area contributed by atoms with E-state index in [1.165, 1.54) is 17.7 Å². The van der Waals surface area contributed by atoms with Crippen molar-refractivity contribution in [1.29, 1.82) is 0 Å². The van der Waals surface area contributed by atoms with Crippen LogP contribution in [-0.4, -0.2) is 69.8 Å². The van der Waals surface area contributed by atoms with Gasteiger partial charge in [0, 0.05) is 50.3 Å². The van der Waals surface area contributed by atoms with Crippen LogP contribution in [0.2, 0.25) is 0 Å². The van der Waals surface area contributed by atoms with E-state index in [0.717, 1.165) is 71.9 Å². The number of likely N-dealkylation sites (tertiary alicyclic amines) is 1. The summed E-state index contributed by atoms with van der Waals surface area (Å²) in [6, 6.07) is 11.5. The number of piperidine rings is 1. The van der Waals surface area contributed by atoms with E-state index in [2.05, 4.69) is 44.4 Å². The smallest absolute Gasteiger partial charge is 0.287 e. The van der Waals surface area contributed by atoms with Crippen LogP contribution in [0.15, 0.2) is 53.0 Å². The van der Waals surface area contributed by atoms with Gasteiger partial charge in [-0.3, -0.25) is 4.40 Å². The van der Waals surface area contributed by atoms with E-state index in [0.29, 0.717) is 18.9 Å². The molecule has 1 N–H and O–H groups in total. The second kappa shape index (κ2) is 10.9. The molecule has 1 atom stereocenters. The molecule has 1 fully saturated rings. The van der Waals surface area contributed by atoms with Crippen LogP contribution in [-0.2, 0) is 11.2 Å². The zero-order valence-electron chi connectivity index (χ0n) is 22.3. The maximum atomic E-state index is 13.4. The van der Waals surface area contributed by atoms with Crippen molar-refractivity contribution in [2.45, 2.75) is 44.6 Å². The summed E-state index contributed by atoms with van der Waals surface area (Å²) in [7, 11) is 2.04. The maximum absolute atomic E-state index is 13.4. The molecule has 1 unspecified atom stereocenters. The molecule has 0 saturated carbocycles. The number of aliphatic imine (C=N–C) groups is 1. The highest BCUT2D eigenvalue weighted by atomic mass is 32.1. The highest BCUT2D eigenvalue weighted by Crippen LogP contribution is 2.35. The molecule has 6 rings (SSSR count). The van der Waals surface area contributed by atoms with E-state index in [9.17, 15) is 9.50 Å². The summed E-state index contributed by atoms with van der Waals surface area (Å²) in [6.45, 7) is 4.68. The van der Waals surface area contributed by atoms with Crippen LogP contribution in [0.4, 0.5) is 15.3 Å². The molecule has 4 aromatic rings. The van der Waals surface area contributed by atoms with Crippen molar-refractivity contribution >= 4 is 34.0 Å². The van der Waals surface area contributed by atoms with Crippen molar-refractivity contribution in [3.8, 4) is 11.3 Å². The first-order valence-electron chi connectivity index (χ1n) is 13.6. The Hall–Kier alpha value is -3.50. The number of aromatic nitrogens is 3. The molecular formula is C29H33FN6O2S. The molecule has 1 saturated heterocycles. The van der Waals surface area contributed by atoms with Gasteiger partial charge in [0.1, 0.15) is 23.4 Å².